The Kier molecular flexibility index (Phi) is 6.96. The highest BCUT2D eigenvalue weighted by atomic mass is 19.1. The third kappa shape index (κ3) is 4.71. The molecule has 2 aromatic rings. The number of fused-ring (bicyclic) bond motifs is 1. The third-order valence-corrected chi connectivity index (χ3v) is 7.71. The zero-order valence-corrected chi connectivity index (χ0v) is 21.0. The van der Waals surface area contributed by atoms with E-state index in [2.05, 4.69) is 15.5 Å². The van der Waals surface area contributed by atoms with Crippen LogP contribution in [0.5, 0.6) is 5.75 Å². The standard InChI is InChI=1S/C25H29B2FN4O5/c26-20-14(22(28)23(34)21(27)16(20)11-31-6-8-37-9-7-31)10-29-17-3-1-2-13-15(17)12-32(25(13)36)18-4-5-19(33)30-24(18)35/h1-3,18,29,34H,4-12,26-27H2,(H,30,33,35). The Morgan fingerprint density at radius 3 is 2.62 bits per heavy atom. The van der Waals surface area contributed by atoms with Crippen LogP contribution in [0.1, 0.15) is 39.9 Å². The highest BCUT2D eigenvalue weighted by Gasteiger charge is 2.39. The molecule has 1 unspecified atom stereocenters. The number of halogens is 1. The van der Waals surface area contributed by atoms with E-state index in [-0.39, 0.29) is 43.5 Å². The molecular weight excluding hydrogens is 477 g/mol. The van der Waals surface area contributed by atoms with Crippen LogP contribution in [-0.4, -0.2) is 80.7 Å². The third-order valence-electron chi connectivity index (χ3n) is 7.71. The molecule has 2 saturated heterocycles. The maximum absolute atomic E-state index is 15.2. The van der Waals surface area contributed by atoms with Crippen molar-refractivity contribution in [2.45, 2.75) is 38.5 Å². The summed E-state index contributed by atoms with van der Waals surface area (Å²) in [5.41, 5.74) is 4.45. The van der Waals surface area contributed by atoms with Gasteiger partial charge in [0, 0.05) is 61.5 Å². The highest BCUT2D eigenvalue weighted by Crippen LogP contribution is 2.32. The van der Waals surface area contributed by atoms with E-state index >= 15 is 4.39 Å². The molecule has 0 bridgehead atoms. The van der Waals surface area contributed by atoms with Crippen molar-refractivity contribution in [3.63, 3.8) is 0 Å². The van der Waals surface area contributed by atoms with Gasteiger partial charge in [-0.2, -0.15) is 0 Å². The normalized spacial score (nSPS) is 20.2. The number of morpholine rings is 1. The Bertz CT molecular complexity index is 1280. The predicted octanol–water partition coefficient (Wildman–Crippen LogP) is -1.75. The first-order valence-electron chi connectivity index (χ1n) is 12.6. The van der Waals surface area contributed by atoms with Gasteiger partial charge in [0.2, 0.25) is 11.8 Å². The van der Waals surface area contributed by atoms with Gasteiger partial charge in [0.25, 0.3) is 5.91 Å². The molecule has 3 N–H and O–H groups in total. The Labute approximate surface area is 216 Å². The number of imide groups is 1. The van der Waals surface area contributed by atoms with Crippen LogP contribution in [0.25, 0.3) is 0 Å². The molecule has 9 nitrogen and oxygen atoms in total. The van der Waals surface area contributed by atoms with Crippen molar-refractivity contribution in [1.29, 1.82) is 0 Å². The molecule has 3 amide bonds. The number of aromatic hydroxyl groups is 1. The smallest absolute Gasteiger partial charge is 0.255 e. The van der Waals surface area contributed by atoms with Gasteiger partial charge in [0.1, 0.15) is 27.5 Å². The maximum Gasteiger partial charge on any atom is 0.255 e. The Balaban J connectivity index is 1.38. The van der Waals surface area contributed by atoms with Crippen molar-refractivity contribution in [3.05, 3.63) is 46.3 Å². The number of piperidine rings is 1. The van der Waals surface area contributed by atoms with Gasteiger partial charge < -0.3 is 20.1 Å². The molecule has 37 heavy (non-hydrogen) atoms. The van der Waals surface area contributed by atoms with E-state index in [4.69, 9.17) is 4.74 Å². The predicted molar refractivity (Wildman–Crippen MR) is 140 cm³/mol. The van der Waals surface area contributed by atoms with Crippen molar-refractivity contribution in [2.24, 2.45) is 0 Å². The van der Waals surface area contributed by atoms with Gasteiger partial charge in [-0.3, -0.25) is 24.6 Å². The topological polar surface area (TPSA) is 111 Å². The lowest BCUT2D eigenvalue weighted by atomic mass is 9.76. The van der Waals surface area contributed by atoms with Gasteiger partial charge in [-0.15, -0.1) is 0 Å². The van der Waals surface area contributed by atoms with E-state index in [1.54, 1.807) is 20.0 Å². The summed E-state index contributed by atoms with van der Waals surface area (Å²) in [5.74, 6) is -2.06. The first-order chi connectivity index (χ1) is 17.8. The van der Waals surface area contributed by atoms with Gasteiger partial charge in [-0.05, 0) is 29.6 Å². The van der Waals surface area contributed by atoms with E-state index in [0.717, 1.165) is 29.7 Å². The van der Waals surface area contributed by atoms with Crippen LogP contribution in [0.15, 0.2) is 18.2 Å². The molecule has 3 heterocycles. The fraction of sp³-hybridized carbons (Fsp3) is 0.400. The van der Waals surface area contributed by atoms with E-state index in [1.165, 1.54) is 4.90 Å². The van der Waals surface area contributed by atoms with Crippen LogP contribution >= 0.6 is 0 Å². The van der Waals surface area contributed by atoms with Gasteiger partial charge in [-0.25, -0.2) is 4.39 Å². The quantitative estimate of drug-likeness (QED) is 0.315. The number of rotatable bonds is 6. The summed E-state index contributed by atoms with van der Waals surface area (Å²) in [6.45, 7) is 3.77. The summed E-state index contributed by atoms with van der Waals surface area (Å²) in [5, 5.41) is 16.1. The van der Waals surface area contributed by atoms with Gasteiger partial charge in [-0.1, -0.05) is 11.5 Å². The molecule has 0 radical (unpaired) electrons. The summed E-state index contributed by atoms with van der Waals surface area (Å²) >= 11 is 0. The van der Waals surface area contributed by atoms with Gasteiger partial charge in [0.05, 0.1) is 13.2 Å². The van der Waals surface area contributed by atoms with Crippen LogP contribution in [-0.2, 0) is 34.0 Å². The number of amides is 3. The van der Waals surface area contributed by atoms with E-state index in [0.29, 0.717) is 42.0 Å². The number of nitrogens with one attached hydrogen (secondary N) is 2. The van der Waals surface area contributed by atoms with E-state index in [9.17, 15) is 19.5 Å². The summed E-state index contributed by atoms with van der Waals surface area (Å²) in [4.78, 5) is 40.7. The van der Waals surface area contributed by atoms with Crippen LogP contribution in [0.3, 0.4) is 0 Å². The minimum absolute atomic E-state index is 0.116. The number of benzene rings is 2. The van der Waals surface area contributed by atoms with Crippen molar-refractivity contribution < 1.29 is 28.6 Å². The average molecular weight is 506 g/mol. The van der Waals surface area contributed by atoms with Crippen molar-refractivity contribution in [1.82, 2.24) is 15.1 Å². The first kappa shape index (κ1) is 25.3. The zero-order valence-electron chi connectivity index (χ0n) is 21.0. The molecule has 0 spiro atoms. The Morgan fingerprint density at radius 2 is 1.89 bits per heavy atom. The molecule has 0 saturated carbocycles. The number of hydrogen-bond acceptors (Lipinski definition) is 7. The number of hydrogen-bond donors (Lipinski definition) is 3. The second-order valence-electron chi connectivity index (χ2n) is 9.84. The fourth-order valence-corrected chi connectivity index (χ4v) is 5.44. The molecule has 0 aromatic heterocycles. The van der Waals surface area contributed by atoms with Crippen molar-refractivity contribution in [3.8, 4) is 5.75 Å². The Hall–Kier alpha value is -3.37. The maximum atomic E-state index is 15.2. The molecule has 5 rings (SSSR count). The number of nitrogens with zero attached hydrogens (tertiary/aromatic N) is 2. The monoisotopic (exact) mass is 506 g/mol. The molecule has 2 fully saturated rings. The van der Waals surface area contributed by atoms with Crippen LogP contribution < -0.4 is 21.6 Å². The van der Waals surface area contributed by atoms with Crippen molar-refractivity contribution in [2.75, 3.05) is 31.6 Å². The lowest BCUT2D eigenvalue weighted by molar-refractivity contribution is -0.136. The lowest BCUT2D eigenvalue weighted by Crippen LogP contribution is -2.52. The largest absolute Gasteiger partial charge is 0.505 e. The summed E-state index contributed by atoms with van der Waals surface area (Å²) in [6.07, 6.45) is 0.468. The first-order valence-corrected chi connectivity index (χ1v) is 12.6. The molecular formula is C25H29B2FN4O5. The summed E-state index contributed by atoms with van der Waals surface area (Å²) in [6, 6.07) is 4.56. The van der Waals surface area contributed by atoms with Crippen LogP contribution in [0.4, 0.5) is 10.1 Å². The number of carbonyl (C=O) groups excluding carboxylic acids is 3. The highest BCUT2D eigenvalue weighted by molar-refractivity contribution is 6.41. The molecule has 0 aliphatic carbocycles. The Morgan fingerprint density at radius 1 is 1.14 bits per heavy atom. The number of phenols is 1. The number of phenolic OH excluding ortho intramolecular Hbond substituents is 1. The minimum Gasteiger partial charge on any atom is -0.505 e. The summed E-state index contributed by atoms with van der Waals surface area (Å²) < 4.78 is 20.7. The molecule has 1 atom stereocenters. The van der Waals surface area contributed by atoms with Crippen LogP contribution in [0, 0.1) is 5.82 Å². The van der Waals surface area contributed by atoms with Crippen LogP contribution in [0.2, 0.25) is 0 Å². The average Bonchev–Trinajstić information content (AvgIpc) is 3.23. The van der Waals surface area contributed by atoms with E-state index < -0.39 is 17.8 Å². The molecule has 12 heteroatoms. The lowest BCUT2D eigenvalue weighted by Gasteiger charge is -2.29. The molecule has 3 aliphatic rings. The molecule has 192 valence electrons. The minimum atomic E-state index is -0.707. The second kappa shape index (κ2) is 10.2. The van der Waals surface area contributed by atoms with Gasteiger partial charge in [0.15, 0.2) is 5.82 Å². The molecule has 3 aliphatic heterocycles. The van der Waals surface area contributed by atoms with Crippen molar-refractivity contribution >= 4 is 50.0 Å². The number of ether oxygens (including phenoxy) is 1. The number of carbonyl (C=O) groups is 3. The van der Waals surface area contributed by atoms with E-state index in [1.807, 2.05) is 13.9 Å². The molecule has 2 aromatic carbocycles. The fourth-order valence-electron chi connectivity index (χ4n) is 5.44. The zero-order chi connectivity index (χ0) is 26.3. The SMILES string of the molecule is Bc1c(O)c(F)c(CNc2cccc3c2CN(C2CCC(=O)NC2=O)C3=O)c(B)c1CN1CCOCC1. The van der Waals surface area contributed by atoms with Gasteiger partial charge >= 0.3 is 0 Å². The number of anilines is 1. The second-order valence-corrected chi connectivity index (χ2v) is 9.84. The summed E-state index contributed by atoms with van der Waals surface area (Å²) in [7, 11) is 3.60.